The van der Waals surface area contributed by atoms with E-state index < -0.39 is 9.84 Å². The van der Waals surface area contributed by atoms with E-state index in [0.29, 0.717) is 12.3 Å². The molecular weight excluding hydrogens is 310 g/mol. The molecule has 2 aliphatic rings. The van der Waals surface area contributed by atoms with E-state index in [1.807, 2.05) is 35.2 Å². The molecule has 1 heterocycles. The monoisotopic (exact) mass is 335 g/mol. The minimum atomic E-state index is -3.03. The Morgan fingerprint density at radius 3 is 2.43 bits per heavy atom. The Labute approximate surface area is 138 Å². The molecule has 0 bridgehead atoms. The first-order valence-electron chi connectivity index (χ1n) is 8.52. The molecule has 0 N–H and O–H groups in total. The first-order valence-corrected chi connectivity index (χ1v) is 10.3. The maximum absolute atomic E-state index is 13.0. The molecule has 1 aliphatic carbocycles. The second kappa shape index (κ2) is 6.63. The smallest absolute Gasteiger partial charge is 0.227 e. The van der Waals surface area contributed by atoms with Crippen molar-refractivity contribution in [3.63, 3.8) is 0 Å². The Hall–Kier alpha value is -1.36. The molecule has 0 radical (unpaired) electrons. The van der Waals surface area contributed by atoms with Crippen molar-refractivity contribution in [2.45, 2.75) is 38.6 Å². The number of nitrogens with zero attached hydrogens (tertiary/aromatic N) is 1. The van der Waals surface area contributed by atoms with Crippen LogP contribution in [0.5, 0.6) is 0 Å². The number of carbonyl (C=O) groups is 1. The molecule has 1 aromatic carbocycles. The average molecular weight is 335 g/mol. The molecule has 4 nitrogen and oxygen atoms in total. The summed E-state index contributed by atoms with van der Waals surface area (Å²) < 4.78 is 23.5. The van der Waals surface area contributed by atoms with E-state index in [9.17, 15) is 13.2 Å². The van der Waals surface area contributed by atoms with Crippen LogP contribution in [0.1, 0.15) is 44.2 Å². The van der Waals surface area contributed by atoms with Gasteiger partial charge in [-0.05, 0) is 37.7 Å². The van der Waals surface area contributed by atoms with Crippen molar-refractivity contribution in [1.29, 1.82) is 0 Å². The first-order chi connectivity index (χ1) is 11.0. The van der Waals surface area contributed by atoms with Gasteiger partial charge in [-0.2, -0.15) is 0 Å². The zero-order valence-corrected chi connectivity index (χ0v) is 14.5. The molecule has 1 saturated carbocycles. The summed E-state index contributed by atoms with van der Waals surface area (Å²) >= 11 is 0. The van der Waals surface area contributed by atoms with Crippen molar-refractivity contribution in [3.05, 3.63) is 35.9 Å². The fourth-order valence-corrected chi connectivity index (χ4v) is 5.26. The SMILES string of the molecule is C[C@@H](c1ccccc1)N(CC1CCC1)C(=O)[C@H]1CCS(=O)(=O)C1. The fraction of sp³-hybridized carbons (Fsp3) is 0.611. The van der Waals surface area contributed by atoms with E-state index >= 15 is 0 Å². The number of hydrogen-bond acceptors (Lipinski definition) is 3. The van der Waals surface area contributed by atoms with Crippen molar-refractivity contribution in [1.82, 2.24) is 4.90 Å². The molecule has 1 saturated heterocycles. The number of carbonyl (C=O) groups excluding carboxylic acids is 1. The molecule has 0 aromatic heterocycles. The molecule has 1 amide bonds. The lowest BCUT2D eigenvalue weighted by Crippen LogP contribution is -2.42. The van der Waals surface area contributed by atoms with Gasteiger partial charge in [0, 0.05) is 6.54 Å². The largest absolute Gasteiger partial charge is 0.335 e. The summed E-state index contributed by atoms with van der Waals surface area (Å²) in [6, 6.07) is 10.0. The molecule has 0 spiro atoms. The lowest BCUT2D eigenvalue weighted by Gasteiger charge is -2.37. The molecule has 2 fully saturated rings. The van der Waals surface area contributed by atoms with Gasteiger partial charge in [-0.25, -0.2) is 8.42 Å². The quantitative estimate of drug-likeness (QED) is 0.831. The molecule has 5 heteroatoms. The van der Waals surface area contributed by atoms with Crippen LogP contribution in [0.2, 0.25) is 0 Å². The molecule has 126 valence electrons. The highest BCUT2D eigenvalue weighted by Gasteiger charge is 2.38. The Morgan fingerprint density at radius 2 is 1.91 bits per heavy atom. The number of rotatable bonds is 5. The number of benzene rings is 1. The molecule has 2 atom stereocenters. The van der Waals surface area contributed by atoms with Crippen molar-refractivity contribution in [2.24, 2.45) is 11.8 Å². The summed E-state index contributed by atoms with van der Waals surface area (Å²) in [4.78, 5) is 14.9. The van der Waals surface area contributed by atoms with Crippen molar-refractivity contribution < 1.29 is 13.2 Å². The predicted octanol–water partition coefficient (Wildman–Crippen LogP) is 2.81. The third-order valence-corrected chi connectivity index (χ3v) is 7.06. The maximum Gasteiger partial charge on any atom is 0.227 e. The Kier molecular flexibility index (Phi) is 4.76. The van der Waals surface area contributed by atoms with Gasteiger partial charge in [-0.1, -0.05) is 36.8 Å². The van der Waals surface area contributed by atoms with E-state index in [0.717, 1.165) is 12.1 Å². The van der Waals surface area contributed by atoms with Crippen LogP contribution >= 0.6 is 0 Å². The summed E-state index contributed by atoms with van der Waals surface area (Å²) in [6.07, 6.45) is 4.07. The van der Waals surface area contributed by atoms with Gasteiger partial charge in [0.15, 0.2) is 9.84 Å². The first kappa shape index (κ1) is 16.5. The average Bonchev–Trinajstić information content (AvgIpc) is 2.86. The second-order valence-electron chi connectivity index (χ2n) is 6.97. The lowest BCUT2D eigenvalue weighted by atomic mass is 9.84. The van der Waals surface area contributed by atoms with Crippen LogP contribution in [0.3, 0.4) is 0 Å². The topological polar surface area (TPSA) is 54.5 Å². The van der Waals surface area contributed by atoms with E-state index in [1.165, 1.54) is 19.3 Å². The van der Waals surface area contributed by atoms with Crippen LogP contribution in [-0.2, 0) is 14.6 Å². The third-order valence-electron chi connectivity index (χ3n) is 5.29. The van der Waals surface area contributed by atoms with Crippen molar-refractivity contribution in [3.8, 4) is 0 Å². The van der Waals surface area contributed by atoms with Crippen LogP contribution in [-0.4, -0.2) is 37.3 Å². The number of amides is 1. The summed E-state index contributed by atoms with van der Waals surface area (Å²) in [5, 5.41) is 0. The van der Waals surface area contributed by atoms with E-state index in [2.05, 4.69) is 6.92 Å². The normalized spacial score (nSPS) is 24.8. The lowest BCUT2D eigenvalue weighted by molar-refractivity contribution is -0.138. The van der Waals surface area contributed by atoms with Gasteiger partial charge in [0.05, 0.1) is 23.5 Å². The molecule has 0 unspecified atom stereocenters. The highest BCUT2D eigenvalue weighted by molar-refractivity contribution is 7.91. The van der Waals surface area contributed by atoms with E-state index in [1.54, 1.807) is 0 Å². The summed E-state index contributed by atoms with van der Waals surface area (Å²) in [6.45, 7) is 2.81. The van der Waals surface area contributed by atoms with Crippen molar-refractivity contribution >= 4 is 15.7 Å². The van der Waals surface area contributed by atoms with Gasteiger partial charge in [0.2, 0.25) is 5.91 Å². The van der Waals surface area contributed by atoms with E-state index in [4.69, 9.17) is 0 Å². The number of sulfone groups is 1. The van der Waals surface area contributed by atoms with Gasteiger partial charge in [-0.15, -0.1) is 0 Å². The van der Waals surface area contributed by atoms with E-state index in [-0.39, 0.29) is 29.4 Å². The fourth-order valence-electron chi connectivity index (χ4n) is 3.53. The standard InChI is InChI=1S/C18H25NO3S/c1-14(16-8-3-2-4-9-16)19(12-15-6-5-7-15)18(20)17-10-11-23(21,22)13-17/h2-4,8-9,14-15,17H,5-7,10-13H2,1H3/t14-,17-/m0/s1. The van der Waals surface area contributed by atoms with Gasteiger partial charge in [0.1, 0.15) is 0 Å². The third kappa shape index (κ3) is 3.77. The van der Waals surface area contributed by atoms with Gasteiger partial charge in [0.25, 0.3) is 0 Å². The van der Waals surface area contributed by atoms with Gasteiger partial charge < -0.3 is 4.90 Å². The zero-order chi connectivity index (χ0) is 16.4. The predicted molar refractivity (Wildman–Crippen MR) is 90.7 cm³/mol. The van der Waals surface area contributed by atoms with Crippen LogP contribution in [0, 0.1) is 11.8 Å². The van der Waals surface area contributed by atoms with Crippen molar-refractivity contribution in [2.75, 3.05) is 18.1 Å². The minimum absolute atomic E-state index is 0.00685. The van der Waals surface area contributed by atoms with Crippen LogP contribution in [0.15, 0.2) is 30.3 Å². The summed E-state index contributed by atoms with van der Waals surface area (Å²) in [5.41, 5.74) is 1.11. The highest BCUT2D eigenvalue weighted by Crippen LogP contribution is 2.32. The molecule has 1 aromatic rings. The summed E-state index contributed by atoms with van der Waals surface area (Å²) in [5.74, 6) is 0.415. The summed E-state index contributed by atoms with van der Waals surface area (Å²) in [7, 11) is -3.03. The maximum atomic E-state index is 13.0. The van der Waals surface area contributed by atoms with Gasteiger partial charge in [-0.3, -0.25) is 4.79 Å². The second-order valence-corrected chi connectivity index (χ2v) is 9.20. The molecular formula is C18H25NO3S. The molecule has 23 heavy (non-hydrogen) atoms. The van der Waals surface area contributed by atoms with Crippen LogP contribution in [0.4, 0.5) is 0 Å². The van der Waals surface area contributed by atoms with Gasteiger partial charge >= 0.3 is 0 Å². The minimum Gasteiger partial charge on any atom is -0.335 e. The number of hydrogen-bond donors (Lipinski definition) is 0. The molecule has 1 aliphatic heterocycles. The Bertz CT molecular complexity index is 652. The highest BCUT2D eigenvalue weighted by atomic mass is 32.2. The Balaban J connectivity index is 1.78. The van der Waals surface area contributed by atoms with Crippen LogP contribution < -0.4 is 0 Å². The van der Waals surface area contributed by atoms with Crippen LogP contribution in [0.25, 0.3) is 0 Å². The zero-order valence-electron chi connectivity index (χ0n) is 13.6. The molecule has 3 rings (SSSR count). The Morgan fingerprint density at radius 1 is 1.22 bits per heavy atom.